The molecule has 0 radical (unpaired) electrons. The molecule has 0 bridgehead atoms. The van der Waals surface area contributed by atoms with Crippen molar-refractivity contribution < 1.29 is 26.4 Å². The van der Waals surface area contributed by atoms with Gasteiger partial charge in [0, 0.05) is 17.6 Å². The second-order valence-corrected chi connectivity index (χ2v) is 5.49. The van der Waals surface area contributed by atoms with Gasteiger partial charge in [0.1, 0.15) is 6.54 Å². The molecule has 0 fully saturated rings. The highest BCUT2D eigenvalue weighted by atomic mass is 35.5. The Balaban J connectivity index is 0.00000400. The summed E-state index contributed by atoms with van der Waals surface area (Å²) >= 11 is 0. The maximum Gasteiger partial charge on any atom is 0.337 e. The van der Waals surface area contributed by atoms with E-state index in [4.69, 9.17) is 4.74 Å². The van der Waals surface area contributed by atoms with E-state index < -0.39 is 0 Å². The maximum atomic E-state index is 11.8. The van der Waals surface area contributed by atoms with Gasteiger partial charge in [-0.2, -0.15) is 0 Å². The van der Waals surface area contributed by atoms with Gasteiger partial charge < -0.3 is 17.1 Å². The Hall–Kier alpha value is -1.32. The Morgan fingerprint density at radius 3 is 2.29 bits per heavy atom. The molecule has 0 aliphatic carbocycles. The fraction of sp³-hybridized carbons (Fsp3) is 0.471. The van der Waals surface area contributed by atoms with E-state index in [1.807, 2.05) is 25.1 Å². The Morgan fingerprint density at radius 2 is 1.86 bits per heavy atom. The van der Waals surface area contributed by atoms with Gasteiger partial charge in [-0.25, -0.2) is 4.79 Å². The molecule has 0 amide bonds. The summed E-state index contributed by atoms with van der Waals surface area (Å²) in [5.74, 6) is -0.303. The molecule has 0 aliphatic rings. The first-order chi connectivity index (χ1) is 9.42. The van der Waals surface area contributed by atoms with Gasteiger partial charge in [0.25, 0.3) is 0 Å². The van der Waals surface area contributed by atoms with Crippen molar-refractivity contribution in [3.63, 3.8) is 0 Å². The number of halogens is 1. The summed E-state index contributed by atoms with van der Waals surface area (Å²) in [5, 5.41) is 0. The molecule has 0 saturated carbocycles. The fourth-order valence-electron chi connectivity index (χ4n) is 2.29. The summed E-state index contributed by atoms with van der Waals surface area (Å²) in [6, 6.07) is 10.3. The van der Waals surface area contributed by atoms with E-state index in [0.29, 0.717) is 10.1 Å². The van der Waals surface area contributed by atoms with Crippen molar-refractivity contribution in [2.24, 2.45) is 0 Å². The molecule has 0 saturated heterocycles. The quantitative estimate of drug-likeness (QED) is 0.317. The van der Waals surface area contributed by atoms with Crippen LogP contribution in [0, 0.1) is 0 Å². The Morgan fingerprint density at radius 1 is 1.29 bits per heavy atom. The molecule has 0 N–H and O–H groups in total. The first-order valence-corrected chi connectivity index (χ1v) is 7.17. The molecule has 2 atom stereocenters. The summed E-state index contributed by atoms with van der Waals surface area (Å²) in [7, 11) is 2.13. The molecule has 0 heterocycles. The van der Waals surface area contributed by atoms with Gasteiger partial charge in [-0.15, -0.1) is 0 Å². The van der Waals surface area contributed by atoms with Crippen LogP contribution in [0.2, 0.25) is 0 Å². The molecule has 1 rings (SSSR count). The van der Waals surface area contributed by atoms with E-state index >= 15 is 0 Å². The molecule has 0 aliphatic heterocycles. The third kappa shape index (κ3) is 5.52. The SMILES string of the molecule is C=C(C)C(=O)OC(CC)[N+](C)(CC)Cc1ccccc1.[Cl-]. The molecule has 0 aromatic heterocycles. The molecule has 4 heteroatoms. The van der Waals surface area contributed by atoms with E-state index in [1.54, 1.807) is 6.92 Å². The van der Waals surface area contributed by atoms with Gasteiger partial charge >= 0.3 is 5.97 Å². The third-order valence-corrected chi connectivity index (χ3v) is 3.75. The van der Waals surface area contributed by atoms with Crippen LogP contribution >= 0.6 is 0 Å². The molecular formula is C17H26ClNO2. The summed E-state index contributed by atoms with van der Waals surface area (Å²) in [4.78, 5) is 11.8. The lowest BCUT2D eigenvalue weighted by Gasteiger charge is -2.39. The fourth-order valence-corrected chi connectivity index (χ4v) is 2.29. The summed E-state index contributed by atoms with van der Waals surface area (Å²) in [5.41, 5.74) is 1.70. The van der Waals surface area contributed by atoms with Crippen molar-refractivity contribution in [2.45, 2.75) is 40.0 Å². The second kappa shape index (κ2) is 8.85. The monoisotopic (exact) mass is 311 g/mol. The molecule has 1 aromatic carbocycles. The number of carbonyl (C=O) groups is 1. The predicted molar refractivity (Wildman–Crippen MR) is 81.9 cm³/mol. The average Bonchev–Trinajstić information content (AvgIpc) is 2.45. The zero-order valence-corrected chi connectivity index (χ0v) is 14.2. The number of carbonyl (C=O) groups excluding carboxylic acids is 1. The molecule has 21 heavy (non-hydrogen) atoms. The largest absolute Gasteiger partial charge is 1.00 e. The van der Waals surface area contributed by atoms with Gasteiger partial charge in [0.15, 0.2) is 0 Å². The standard InChI is InChI=1S/C17H26NO2.ClH/c1-6-16(20-17(19)14(3)4)18(5,7-2)13-15-11-9-8-10-12-15;/h8-12,16H,3,6-7,13H2,1-2,4-5H3;1H/q+1;/p-1. The molecule has 2 unspecified atom stereocenters. The van der Waals surface area contributed by atoms with Gasteiger partial charge in [-0.05, 0) is 13.8 Å². The topological polar surface area (TPSA) is 26.3 Å². The lowest BCUT2D eigenvalue weighted by Crippen LogP contribution is -3.00. The average molecular weight is 312 g/mol. The lowest BCUT2D eigenvalue weighted by molar-refractivity contribution is -0.963. The van der Waals surface area contributed by atoms with Crippen LogP contribution in [0.15, 0.2) is 42.5 Å². The van der Waals surface area contributed by atoms with Crippen LogP contribution in [-0.2, 0) is 16.1 Å². The Bertz CT molecular complexity index is 461. The van der Waals surface area contributed by atoms with E-state index in [1.165, 1.54) is 5.56 Å². The molecule has 118 valence electrons. The van der Waals surface area contributed by atoms with Crippen molar-refractivity contribution in [2.75, 3.05) is 13.6 Å². The van der Waals surface area contributed by atoms with Crippen LogP contribution in [-0.4, -0.2) is 30.3 Å². The van der Waals surface area contributed by atoms with E-state index in [9.17, 15) is 4.79 Å². The van der Waals surface area contributed by atoms with Crippen molar-refractivity contribution >= 4 is 5.97 Å². The van der Waals surface area contributed by atoms with Gasteiger partial charge in [0.05, 0.1) is 13.6 Å². The van der Waals surface area contributed by atoms with Crippen LogP contribution in [0.25, 0.3) is 0 Å². The first kappa shape index (κ1) is 19.7. The highest BCUT2D eigenvalue weighted by molar-refractivity contribution is 5.86. The van der Waals surface area contributed by atoms with Crippen LogP contribution in [0.4, 0.5) is 0 Å². The minimum atomic E-state index is -0.303. The third-order valence-electron chi connectivity index (χ3n) is 3.75. The van der Waals surface area contributed by atoms with Gasteiger partial charge in [0.2, 0.25) is 6.23 Å². The van der Waals surface area contributed by atoms with Crippen molar-refractivity contribution in [1.82, 2.24) is 0 Å². The number of rotatable bonds is 7. The number of hydrogen-bond acceptors (Lipinski definition) is 2. The Labute approximate surface area is 134 Å². The molecule has 1 aromatic rings. The van der Waals surface area contributed by atoms with E-state index in [0.717, 1.165) is 19.5 Å². The number of esters is 1. The summed E-state index contributed by atoms with van der Waals surface area (Å²) in [6.45, 7) is 11.3. The number of ether oxygens (including phenoxy) is 1. The summed E-state index contributed by atoms with van der Waals surface area (Å²) < 4.78 is 6.30. The summed E-state index contributed by atoms with van der Waals surface area (Å²) in [6.07, 6.45) is 0.639. The van der Waals surface area contributed by atoms with Crippen LogP contribution < -0.4 is 12.4 Å². The minimum Gasteiger partial charge on any atom is -1.00 e. The van der Waals surface area contributed by atoms with Crippen molar-refractivity contribution in [1.29, 1.82) is 0 Å². The maximum absolute atomic E-state index is 11.8. The number of hydrogen-bond donors (Lipinski definition) is 0. The van der Waals surface area contributed by atoms with E-state index in [-0.39, 0.29) is 24.6 Å². The zero-order chi connectivity index (χ0) is 15.2. The number of quaternary nitrogens is 1. The number of benzene rings is 1. The molecule has 0 spiro atoms. The highest BCUT2D eigenvalue weighted by Gasteiger charge is 2.33. The first-order valence-electron chi connectivity index (χ1n) is 7.17. The highest BCUT2D eigenvalue weighted by Crippen LogP contribution is 2.20. The van der Waals surface area contributed by atoms with Crippen LogP contribution in [0.1, 0.15) is 32.8 Å². The van der Waals surface area contributed by atoms with Gasteiger partial charge in [-0.1, -0.05) is 43.8 Å². The van der Waals surface area contributed by atoms with Gasteiger partial charge in [-0.3, -0.25) is 4.48 Å². The van der Waals surface area contributed by atoms with Crippen molar-refractivity contribution in [3.8, 4) is 0 Å². The van der Waals surface area contributed by atoms with Crippen LogP contribution in [0.3, 0.4) is 0 Å². The van der Waals surface area contributed by atoms with Crippen molar-refractivity contribution in [3.05, 3.63) is 48.0 Å². The molecule has 3 nitrogen and oxygen atoms in total. The smallest absolute Gasteiger partial charge is 0.337 e. The second-order valence-electron chi connectivity index (χ2n) is 5.49. The minimum absolute atomic E-state index is 0. The normalized spacial score (nSPS) is 14.5. The Kier molecular flexibility index (Phi) is 8.30. The predicted octanol–water partition coefficient (Wildman–Crippen LogP) is 0.513. The number of nitrogens with zero attached hydrogens (tertiary/aromatic N) is 1. The zero-order valence-electron chi connectivity index (χ0n) is 13.4. The van der Waals surface area contributed by atoms with E-state index in [2.05, 4.69) is 32.7 Å². The lowest BCUT2D eigenvalue weighted by atomic mass is 10.1. The molecular weight excluding hydrogens is 286 g/mol. The van der Waals surface area contributed by atoms with Crippen LogP contribution in [0.5, 0.6) is 0 Å².